The molecule has 5 rings (SSSR count). The number of anilines is 1. The molecule has 0 radical (unpaired) electrons. The molecule has 3 N–H and O–H groups in total. The number of halogens is 3. The molecule has 8 heteroatoms. The number of benzene rings is 2. The van der Waals surface area contributed by atoms with Gasteiger partial charge >= 0.3 is 0 Å². The van der Waals surface area contributed by atoms with Gasteiger partial charge in [0.05, 0.1) is 23.3 Å². The van der Waals surface area contributed by atoms with Gasteiger partial charge < -0.3 is 11.1 Å². The smallest absolute Gasteiger partial charge is 0.251 e. The molecule has 4 aromatic rings. The molecule has 0 aliphatic carbocycles. The number of nitrogens with one attached hydrogen (secondary N) is 1. The van der Waals surface area contributed by atoms with Gasteiger partial charge in [-0.3, -0.25) is 4.79 Å². The fraction of sp³-hybridized carbons (Fsp3) is 0.0476. The monoisotopic (exact) mass is 394 g/mol. The predicted molar refractivity (Wildman–Crippen MR) is 101 cm³/mol. The first-order valence-corrected chi connectivity index (χ1v) is 8.76. The molecule has 0 fully saturated rings. The number of amides is 1. The average molecular weight is 394 g/mol. The number of hydrogen-bond donors (Lipinski definition) is 2. The fourth-order valence-electron chi connectivity index (χ4n) is 3.87. The van der Waals surface area contributed by atoms with Gasteiger partial charge in [-0.1, -0.05) is 24.3 Å². The molecule has 1 amide bonds. The third-order valence-corrected chi connectivity index (χ3v) is 5.16. The number of nitrogens with two attached hydrogens (primary N) is 1. The lowest BCUT2D eigenvalue weighted by Crippen LogP contribution is -2.15. The van der Waals surface area contributed by atoms with E-state index in [4.69, 9.17) is 5.73 Å². The van der Waals surface area contributed by atoms with Gasteiger partial charge in [0.1, 0.15) is 0 Å². The van der Waals surface area contributed by atoms with Gasteiger partial charge in [0.25, 0.3) is 5.91 Å². The van der Waals surface area contributed by atoms with E-state index in [-0.39, 0.29) is 11.1 Å². The molecule has 0 spiro atoms. The van der Waals surface area contributed by atoms with Crippen molar-refractivity contribution in [2.75, 3.05) is 5.32 Å². The van der Waals surface area contributed by atoms with Crippen LogP contribution in [0, 0.1) is 17.5 Å². The van der Waals surface area contributed by atoms with Crippen LogP contribution in [0.2, 0.25) is 0 Å². The Hall–Kier alpha value is -3.81. The molecule has 0 saturated heterocycles. The first-order valence-electron chi connectivity index (χ1n) is 8.76. The number of carbonyl (C=O) groups is 1. The molecule has 3 heterocycles. The molecule has 1 aliphatic heterocycles. The summed E-state index contributed by atoms with van der Waals surface area (Å²) in [5.74, 6) is -4.74. The minimum Gasteiger partial charge on any atom is -0.373 e. The third-order valence-electron chi connectivity index (χ3n) is 5.16. The van der Waals surface area contributed by atoms with Crippen LogP contribution in [0.25, 0.3) is 16.6 Å². The highest BCUT2D eigenvalue weighted by atomic mass is 19.2. The maximum atomic E-state index is 14.7. The van der Waals surface area contributed by atoms with Crippen molar-refractivity contribution in [1.29, 1.82) is 0 Å². The molecule has 1 unspecified atom stereocenters. The number of rotatable bonds is 2. The maximum Gasteiger partial charge on any atom is 0.251 e. The number of nitrogens with zero attached hydrogens (tertiary/aromatic N) is 2. The van der Waals surface area contributed by atoms with Crippen molar-refractivity contribution in [3.63, 3.8) is 0 Å². The van der Waals surface area contributed by atoms with E-state index in [0.717, 1.165) is 6.07 Å². The van der Waals surface area contributed by atoms with E-state index in [9.17, 15) is 18.0 Å². The lowest BCUT2D eigenvalue weighted by atomic mass is 9.96. The zero-order chi connectivity index (χ0) is 20.3. The summed E-state index contributed by atoms with van der Waals surface area (Å²) in [6.07, 6.45) is 3.03. The molecule has 1 aliphatic rings. The normalized spacial score (nSPS) is 14.9. The summed E-state index contributed by atoms with van der Waals surface area (Å²) >= 11 is 0. The second-order valence-corrected chi connectivity index (χ2v) is 6.75. The van der Waals surface area contributed by atoms with Crippen molar-refractivity contribution in [2.24, 2.45) is 5.73 Å². The first-order chi connectivity index (χ1) is 14.0. The van der Waals surface area contributed by atoms with E-state index in [1.807, 2.05) is 0 Å². The van der Waals surface area contributed by atoms with E-state index in [1.54, 1.807) is 41.0 Å². The van der Waals surface area contributed by atoms with Crippen molar-refractivity contribution in [3.05, 3.63) is 89.0 Å². The minimum absolute atomic E-state index is 0.0656. The molecule has 144 valence electrons. The Labute approximate surface area is 162 Å². The Balaban J connectivity index is 1.90. The van der Waals surface area contributed by atoms with Crippen LogP contribution in [0.4, 0.5) is 18.9 Å². The second kappa shape index (κ2) is 6.10. The van der Waals surface area contributed by atoms with Gasteiger partial charge in [-0.25, -0.2) is 17.7 Å². The van der Waals surface area contributed by atoms with Crippen LogP contribution in [0.5, 0.6) is 0 Å². The van der Waals surface area contributed by atoms with Gasteiger partial charge in [-0.15, -0.1) is 0 Å². The van der Waals surface area contributed by atoms with Crippen molar-refractivity contribution in [2.45, 2.75) is 6.04 Å². The number of aromatic nitrogens is 2. The number of carbonyl (C=O) groups excluding carboxylic acids is 1. The number of fused-ring (bicyclic) bond motifs is 2. The summed E-state index contributed by atoms with van der Waals surface area (Å²) < 4.78 is 43.7. The molecule has 0 saturated carbocycles. The molecule has 1 atom stereocenters. The van der Waals surface area contributed by atoms with Crippen LogP contribution in [0.15, 0.2) is 54.9 Å². The van der Waals surface area contributed by atoms with Crippen molar-refractivity contribution in [1.82, 2.24) is 9.61 Å². The Morgan fingerprint density at radius 1 is 1.03 bits per heavy atom. The Morgan fingerprint density at radius 2 is 1.83 bits per heavy atom. The summed E-state index contributed by atoms with van der Waals surface area (Å²) in [5.41, 5.74) is 8.61. The van der Waals surface area contributed by atoms with Gasteiger partial charge in [0.2, 0.25) is 0 Å². The van der Waals surface area contributed by atoms with E-state index >= 15 is 0 Å². The molecule has 5 nitrogen and oxygen atoms in total. The topological polar surface area (TPSA) is 72.4 Å². The van der Waals surface area contributed by atoms with Crippen molar-refractivity contribution >= 4 is 17.1 Å². The predicted octanol–water partition coefficient (Wildman–Crippen LogP) is 4.03. The van der Waals surface area contributed by atoms with Crippen LogP contribution >= 0.6 is 0 Å². The Kier molecular flexibility index (Phi) is 3.64. The summed E-state index contributed by atoms with van der Waals surface area (Å²) in [5, 5.41) is 7.42. The van der Waals surface area contributed by atoms with E-state index < -0.39 is 29.4 Å². The summed E-state index contributed by atoms with van der Waals surface area (Å²) in [4.78, 5) is 12.1. The standard InChI is InChI=1S/C21H13F3N4O/c22-14-6-5-11(17(23)18(14)24)19-12-7-8-28-20(12)16(13(9-26-28)21(25)29)10-3-1-2-4-15(10)27-19/h1-9,19,27H,(H2,25,29). The van der Waals surface area contributed by atoms with Gasteiger partial charge in [0, 0.05) is 34.1 Å². The van der Waals surface area contributed by atoms with Gasteiger partial charge in [-0.2, -0.15) is 5.10 Å². The molecule has 2 aromatic heterocycles. The minimum atomic E-state index is -1.54. The van der Waals surface area contributed by atoms with Crippen molar-refractivity contribution in [3.8, 4) is 11.1 Å². The van der Waals surface area contributed by atoms with Crippen LogP contribution in [0.1, 0.15) is 27.5 Å². The van der Waals surface area contributed by atoms with Crippen LogP contribution in [-0.4, -0.2) is 15.5 Å². The molecule has 2 aromatic carbocycles. The lowest BCUT2D eigenvalue weighted by molar-refractivity contribution is 0.100. The van der Waals surface area contributed by atoms with Crippen LogP contribution in [-0.2, 0) is 0 Å². The zero-order valence-corrected chi connectivity index (χ0v) is 14.8. The summed E-state index contributed by atoms with van der Waals surface area (Å²) in [7, 11) is 0. The first kappa shape index (κ1) is 17.3. The number of hydrogen-bond acceptors (Lipinski definition) is 3. The average Bonchev–Trinajstić information content (AvgIpc) is 3.08. The molecule has 29 heavy (non-hydrogen) atoms. The van der Waals surface area contributed by atoms with Crippen molar-refractivity contribution < 1.29 is 18.0 Å². The van der Waals surface area contributed by atoms with E-state index in [0.29, 0.717) is 27.9 Å². The molecule has 0 bridgehead atoms. The fourth-order valence-corrected chi connectivity index (χ4v) is 3.87. The second-order valence-electron chi connectivity index (χ2n) is 6.75. The van der Waals surface area contributed by atoms with Gasteiger partial charge in [-0.05, 0) is 18.2 Å². The highest BCUT2D eigenvalue weighted by Gasteiger charge is 2.31. The maximum absolute atomic E-state index is 14.7. The molecular formula is C21H13F3N4O. The number of primary amides is 1. The third kappa shape index (κ3) is 2.42. The quantitative estimate of drug-likeness (QED) is 0.504. The summed E-state index contributed by atoms with van der Waals surface area (Å²) in [6, 6.07) is 10.1. The van der Waals surface area contributed by atoms with Crippen LogP contribution in [0.3, 0.4) is 0 Å². The Morgan fingerprint density at radius 3 is 2.62 bits per heavy atom. The highest BCUT2D eigenvalue weighted by molar-refractivity contribution is 6.06. The SMILES string of the molecule is NC(=O)c1cnn2ccc3c2c1-c1ccccc1NC3c1ccc(F)c(F)c1F. The summed E-state index contributed by atoms with van der Waals surface area (Å²) in [6.45, 7) is 0. The number of para-hydroxylation sites is 1. The van der Waals surface area contributed by atoms with E-state index in [2.05, 4.69) is 10.4 Å². The highest BCUT2D eigenvalue weighted by Crippen LogP contribution is 2.44. The largest absolute Gasteiger partial charge is 0.373 e. The lowest BCUT2D eigenvalue weighted by Gasteiger charge is -2.20. The zero-order valence-electron chi connectivity index (χ0n) is 14.8. The Bertz CT molecular complexity index is 1320. The molecular weight excluding hydrogens is 381 g/mol. The van der Waals surface area contributed by atoms with E-state index in [1.165, 1.54) is 12.3 Å². The van der Waals surface area contributed by atoms with Crippen LogP contribution < -0.4 is 11.1 Å². The van der Waals surface area contributed by atoms with Gasteiger partial charge in [0.15, 0.2) is 17.5 Å².